The number of benzene rings is 1. The largest absolute Gasteiger partial charge is 0.493 e. The van der Waals surface area contributed by atoms with Crippen molar-refractivity contribution in [2.75, 3.05) is 6.61 Å². The van der Waals surface area contributed by atoms with Crippen LogP contribution in [0.3, 0.4) is 0 Å². The van der Waals surface area contributed by atoms with Crippen molar-refractivity contribution in [2.24, 2.45) is 11.7 Å². The number of nitrogens with two attached hydrogens (primary N) is 1. The van der Waals surface area contributed by atoms with Crippen LogP contribution in [-0.4, -0.2) is 11.6 Å². The van der Waals surface area contributed by atoms with E-state index in [-0.39, 0.29) is 0 Å². The molecule has 0 fully saturated rings. The Morgan fingerprint density at radius 2 is 1.85 bits per heavy atom. The summed E-state index contributed by atoms with van der Waals surface area (Å²) in [6.45, 7) is 9.37. The van der Waals surface area contributed by atoms with Crippen molar-refractivity contribution in [1.82, 2.24) is 0 Å². The molecule has 0 spiro atoms. The lowest BCUT2D eigenvalue weighted by molar-refractivity contribution is 0.231. The maximum Gasteiger partial charge on any atom is 0.125 e. The number of aryl methyl sites for hydroxylation is 2. The molecular weight excluding hydrogens is 266 g/mol. The Balaban J connectivity index is 2.75. The molecule has 0 aliphatic carbocycles. The van der Waals surface area contributed by atoms with Crippen molar-refractivity contribution < 1.29 is 4.74 Å². The fraction of sp³-hybridized carbons (Fsp3) is 0.588. The van der Waals surface area contributed by atoms with Crippen molar-refractivity contribution >= 4 is 17.2 Å². The van der Waals surface area contributed by atoms with Gasteiger partial charge in [0.25, 0.3) is 0 Å². The Bertz CT molecular complexity index is 433. The van der Waals surface area contributed by atoms with Gasteiger partial charge in [0.2, 0.25) is 0 Å². The van der Waals surface area contributed by atoms with Gasteiger partial charge in [-0.1, -0.05) is 45.3 Å². The number of thiocarbonyl (C=S) groups is 1. The normalized spacial score (nSPS) is 12.2. The maximum absolute atomic E-state index is 6.07. The highest BCUT2D eigenvalue weighted by Crippen LogP contribution is 2.26. The zero-order chi connectivity index (χ0) is 15.1. The molecule has 0 aliphatic heterocycles. The summed E-state index contributed by atoms with van der Waals surface area (Å²) in [6.07, 6.45) is 4.94. The van der Waals surface area contributed by atoms with E-state index in [1.807, 2.05) is 12.1 Å². The molecule has 1 aromatic carbocycles. The Labute approximate surface area is 128 Å². The van der Waals surface area contributed by atoms with E-state index in [0.717, 1.165) is 29.0 Å². The molecule has 1 atom stereocenters. The summed E-state index contributed by atoms with van der Waals surface area (Å²) in [5, 5.41) is 0. The third-order valence-corrected chi connectivity index (χ3v) is 3.99. The quantitative estimate of drug-likeness (QED) is 0.715. The van der Waals surface area contributed by atoms with E-state index in [2.05, 4.69) is 27.7 Å². The summed E-state index contributed by atoms with van der Waals surface area (Å²) in [6, 6.07) is 4.02. The molecule has 2 N–H and O–H groups in total. The molecule has 20 heavy (non-hydrogen) atoms. The maximum atomic E-state index is 6.07. The highest BCUT2D eigenvalue weighted by atomic mass is 32.1. The van der Waals surface area contributed by atoms with Crippen molar-refractivity contribution in [3.63, 3.8) is 0 Å². The van der Waals surface area contributed by atoms with Gasteiger partial charge in [0.05, 0.1) is 6.61 Å². The predicted octanol–water partition coefficient (Wildman–Crippen LogP) is 4.53. The Kier molecular flexibility index (Phi) is 7.00. The predicted molar refractivity (Wildman–Crippen MR) is 90.6 cm³/mol. The van der Waals surface area contributed by atoms with E-state index in [1.165, 1.54) is 25.7 Å². The highest BCUT2D eigenvalue weighted by molar-refractivity contribution is 7.80. The third kappa shape index (κ3) is 4.78. The fourth-order valence-corrected chi connectivity index (χ4v) is 2.54. The second kappa shape index (κ2) is 8.25. The van der Waals surface area contributed by atoms with Crippen molar-refractivity contribution in [3.05, 3.63) is 28.8 Å². The number of ether oxygens (including phenoxy) is 1. The van der Waals surface area contributed by atoms with Crippen LogP contribution >= 0.6 is 12.2 Å². The monoisotopic (exact) mass is 293 g/mol. The second-order valence-corrected chi connectivity index (χ2v) is 5.97. The standard InChI is InChI=1S/C17H27NOS/c1-5-7-8-14(6-2)11-19-16-12(3)9-15(17(18)20)10-13(16)4/h9-10,14H,5-8,11H2,1-4H3,(H2,18,20). The van der Waals surface area contributed by atoms with E-state index in [4.69, 9.17) is 22.7 Å². The minimum absolute atomic E-state index is 0.442. The molecule has 1 unspecified atom stereocenters. The van der Waals surface area contributed by atoms with Crippen molar-refractivity contribution in [3.8, 4) is 5.75 Å². The SMILES string of the molecule is CCCCC(CC)COc1c(C)cc(C(N)=S)cc1C. The highest BCUT2D eigenvalue weighted by Gasteiger charge is 2.11. The topological polar surface area (TPSA) is 35.2 Å². The average Bonchev–Trinajstić information content (AvgIpc) is 2.40. The molecule has 0 saturated carbocycles. The molecule has 0 heterocycles. The first-order valence-electron chi connectivity index (χ1n) is 7.53. The first-order chi connectivity index (χ1) is 9.49. The van der Waals surface area contributed by atoms with Crippen LogP contribution in [0.2, 0.25) is 0 Å². The Morgan fingerprint density at radius 3 is 2.30 bits per heavy atom. The van der Waals surface area contributed by atoms with Gasteiger partial charge in [-0.15, -0.1) is 0 Å². The number of hydrogen-bond donors (Lipinski definition) is 1. The van der Waals surface area contributed by atoms with Gasteiger partial charge in [0.15, 0.2) is 0 Å². The first-order valence-corrected chi connectivity index (χ1v) is 7.94. The van der Waals surface area contributed by atoms with Gasteiger partial charge in [-0.05, 0) is 49.4 Å². The van der Waals surface area contributed by atoms with Crippen LogP contribution in [-0.2, 0) is 0 Å². The molecule has 3 heteroatoms. The van der Waals surface area contributed by atoms with Gasteiger partial charge in [-0.3, -0.25) is 0 Å². The minimum atomic E-state index is 0.442. The van der Waals surface area contributed by atoms with Gasteiger partial charge in [-0.25, -0.2) is 0 Å². The van der Waals surface area contributed by atoms with Gasteiger partial charge in [0, 0.05) is 5.56 Å². The van der Waals surface area contributed by atoms with Gasteiger partial charge in [0.1, 0.15) is 10.7 Å². The van der Waals surface area contributed by atoms with E-state index in [9.17, 15) is 0 Å². The Hall–Kier alpha value is -1.09. The molecule has 0 radical (unpaired) electrons. The van der Waals surface area contributed by atoms with Crippen LogP contribution < -0.4 is 10.5 Å². The molecule has 1 rings (SSSR count). The molecule has 0 aromatic heterocycles. The molecule has 112 valence electrons. The zero-order valence-corrected chi connectivity index (χ0v) is 14.0. The van der Waals surface area contributed by atoms with E-state index in [0.29, 0.717) is 10.9 Å². The van der Waals surface area contributed by atoms with Crippen LogP contribution in [0.5, 0.6) is 5.75 Å². The summed E-state index contributed by atoms with van der Waals surface area (Å²) < 4.78 is 6.07. The zero-order valence-electron chi connectivity index (χ0n) is 13.2. The fourth-order valence-electron chi connectivity index (χ4n) is 2.42. The van der Waals surface area contributed by atoms with Crippen molar-refractivity contribution in [1.29, 1.82) is 0 Å². The molecule has 0 saturated heterocycles. The van der Waals surface area contributed by atoms with Crippen LogP contribution in [0.15, 0.2) is 12.1 Å². The van der Waals surface area contributed by atoms with Crippen LogP contribution in [0.25, 0.3) is 0 Å². The van der Waals surface area contributed by atoms with Crippen LogP contribution in [0, 0.1) is 19.8 Å². The molecule has 0 bridgehead atoms. The smallest absolute Gasteiger partial charge is 0.125 e. The van der Waals surface area contributed by atoms with E-state index in [1.54, 1.807) is 0 Å². The number of unbranched alkanes of at least 4 members (excludes halogenated alkanes) is 1. The Morgan fingerprint density at radius 1 is 1.25 bits per heavy atom. The molecule has 0 amide bonds. The summed E-state index contributed by atoms with van der Waals surface area (Å²) >= 11 is 5.03. The van der Waals surface area contributed by atoms with E-state index < -0.39 is 0 Å². The second-order valence-electron chi connectivity index (χ2n) is 5.53. The average molecular weight is 293 g/mol. The minimum Gasteiger partial charge on any atom is -0.493 e. The summed E-state index contributed by atoms with van der Waals surface area (Å²) in [5.41, 5.74) is 8.83. The molecule has 2 nitrogen and oxygen atoms in total. The van der Waals surface area contributed by atoms with Crippen molar-refractivity contribution in [2.45, 2.75) is 53.4 Å². The summed E-state index contributed by atoms with van der Waals surface area (Å²) in [4.78, 5) is 0.442. The lowest BCUT2D eigenvalue weighted by atomic mass is 10.0. The summed E-state index contributed by atoms with van der Waals surface area (Å²) in [5.74, 6) is 1.63. The molecule has 0 aliphatic rings. The van der Waals surface area contributed by atoms with Crippen LogP contribution in [0.1, 0.15) is 56.2 Å². The van der Waals surface area contributed by atoms with E-state index >= 15 is 0 Å². The van der Waals surface area contributed by atoms with Crippen LogP contribution in [0.4, 0.5) is 0 Å². The van der Waals surface area contributed by atoms with Gasteiger partial charge < -0.3 is 10.5 Å². The molecule has 1 aromatic rings. The van der Waals surface area contributed by atoms with Gasteiger partial charge in [-0.2, -0.15) is 0 Å². The number of hydrogen-bond acceptors (Lipinski definition) is 2. The number of rotatable bonds is 8. The third-order valence-electron chi connectivity index (χ3n) is 3.75. The lowest BCUT2D eigenvalue weighted by Crippen LogP contribution is -2.14. The van der Waals surface area contributed by atoms with Gasteiger partial charge >= 0.3 is 0 Å². The lowest BCUT2D eigenvalue weighted by Gasteiger charge is -2.19. The molecular formula is C17H27NOS. The summed E-state index contributed by atoms with van der Waals surface area (Å²) in [7, 11) is 0. The first kappa shape index (κ1) is 17.0.